The summed E-state index contributed by atoms with van der Waals surface area (Å²) in [5.41, 5.74) is 5.79. The van der Waals surface area contributed by atoms with Crippen LogP contribution in [0.1, 0.15) is 32.1 Å². The van der Waals surface area contributed by atoms with Gasteiger partial charge in [0.05, 0.1) is 6.61 Å². The zero-order valence-corrected chi connectivity index (χ0v) is 8.86. The number of rotatable bonds is 3. The maximum atomic E-state index is 9.28. The molecule has 2 fully saturated rings. The highest BCUT2D eigenvalue weighted by molar-refractivity contribution is 4.91. The van der Waals surface area contributed by atoms with Crippen molar-refractivity contribution < 1.29 is 5.11 Å². The van der Waals surface area contributed by atoms with Crippen molar-refractivity contribution >= 4 is 0 Å². The fraction of sp³-hybridized carbons (Fsp3) is 1.00. The maximum absolute atomic E-state index is 9.28. The molecule has 0 bridgehead atoms. The summed E-state index contributed by atoms with van der Waals surface area (Å²) in [7, 11) is 0. The Kier molecular flexibility index (Phi) is 3.42. The van der Waals surface area contributed by atoms with E-state index in [9.17, 15) is 5.11 Å². The average molecular weight is 198 g/mol. The van der Waals surface area contributed by atoms with E-state index in [0.717, 1.165) is 6.54 Å². The van der Waals surface area contributed by atoms with Crippen molar-refractivity contribution in [2.24, 2.45) is 11.7 Å². The highest BCUT2D eigenvalue weighted by atomic mass is 16.3. The lowest BCUT2D eigenvalue weighted by molar-refractivity contribution is 0.101. The molecule has 3 heteroatoms. The van der Waals surface area contributed by atoms with Crippen LogP contribution in [-0.4, -0.2) is 41.8 Å². The molecule has 0 radical (unpaired) electrons. The molecule has 1 saturated carbocycles. The Labute approximate surface area is 86.3 Å². The maximum Gasteiger partial charge on any atom is 0.0586 e. The van der Waals surface area contributed by atoms with Crippen molar-refractivity contribution in [2.75, 3.05) is 19.7 Å². The van der Waals surface area contributed by atoms with Crippen molar-refractivity contribution in [1.82, 2.24) is 4.90 Å². The zero-order valence-electron chi connectivity index (χ0n) is 8.86. The molecule has 2 aliphatic rings. The quantitative estimate of drug-likeness (QED) is 0.697. The summed E-state index contributed by atoms with van der Waals surface area (Å²) < 4.78 is 0. The lowest BCUT2D eigenvalue weighted by Crippen LogP contribution is -2.44. The molecule has 0 amide bonds. The molecule has 1 aliphatic carbocycles. The minimum absolute atomic E-state index is 0.327. The van der Waals surface area contributed by atoms with Crippen LogP contribution in [0, 0.1) is 5.92 Å². The molecule has 0 aromatic heterocycles. The second kappa shape index (κ2) is 4.60. The van der Waals surface area contributed by atoms with Crippen LogP contribution in [0.25, 0.3) is 0 Å². The molecular weight excluding hydrogens is 176 g/mol. The monoisotopic (exact) mass is 198 g/mol. The summed E-state index contributed by atoms with van der Waals surface area (Å²) in [6.45, 7) is 2.32. The SMILES string of the molecule is NCC1CCCC1N1CCCC1CO. The Balaban J connectivity index is 1.98. The van der Waals surface area contributed by atoms with Gasteiger partial charge in [0.2, 0.25) is 0 Å². The number of nitrogens with two attached hydrogens (primary N) is 1. The normalized spacial score (nSPS) is 39.4. The van der Waals surface area contributed by atoms with E-state index in [1.165, 1.54) is 38.6 Å². The van der Waals surface area contributed by atoms with E-state index < -0.39 is 0 Å². The van der Waals surface area contributed by atoms with Gasteiger partial charge in [0.25, 0.3) is 0 Å². The van der Waals surface area contributed by atoms with Crippen molar-refractivity contribution in [2.45, 2.75) is 44.2 Å². The molecule has 2 rings (SSSR count). The fourth-order valence-electron chi connectivity index (χ4n) is 3.22. The Morgan fingerprint density at radius 1 is 1.21 bits per heavy atom. The summed E-state index contributed by atoms with van der Waals surface area (Å²) in [5, 5.41) is 9.28. The first-order chi connectivity index (χ1) is 6.86. The van der Waals surface area contributed by atoms with E-state index >= 15 is 0 Å². The summed E-state index contributed by atoms with van der Waals surface area (Å²) in [6.07, 6.45) is 6.32. The Morgan fingerprint density at radius 2 is 2.07 bits per heavy atom. The summed E-state index contributed by atoms with van der Waals surface area (Å²) >= 11 is 0. The molecular formula is C11H22N2O. The molecule has 0 aromatic carbocycles. The van der Waals surface area contributed by atoms with E-state index in [1.807, 2.05) is 0 Å². The Hall–Kier alpha value is -0.120. The van der Waals surface area contributed by atoms with Gasteiger partial charge in [0, 0.05) is 12.1 Å². The molecule has 1 heterocycles. The number of aliphatic hydroxyl groups is 1. The molecule has 0 spiro atoms. The third-order valence-electron chi connectivity index (χ3n) is 3.98. The van der Waals surface area contributed by atoms with E-state index in [1.54, 1.807) is 0 Å². The Bertz CT molecular complexity index is 166. The molecule has 14 heavy (non-hydrogen) atoms. The van der Waals surface area contributed by atoms with Gasteiger partial charge in [0.15, 0.2) is 0 Å². The van der Waals surface area contributed by atoms with Gasteiger partial charge >= 0.3 is 0 Å². The van der Waals surface area contributed by atoms with Crippen LogP contribution in [-0.2, 0) is 0 Å². The van der Waals surface area contributed by atoms with Gasteiger partial charge in [-0.25, -0.2) is 0 Å². The minimum atomic E-state index is 0.327. The average Bonchev–Trinajstić information content (AvgIpc) is 2.85. The second-order valence-corrected chi connectivity index (χ2v) is 4.71. The van der Waals surface area contributed by atoms with Crippen molar-refractivity contribution in [3.63, 3.8) is 0 Å². The van der Waals surface area contributed by atoms with E-state index in [0.29, 0.717) is 24.6 Å². The molecule has 3 unspecified atom stereocenters. The number of aliphatic hydroxyl groups excluding tert-OH is 1. The number of likely N-dealkylation sites (tertiary alicyclic amines) is 1. The largest absolute Gasteiger partial charge is 0.395 e. The molecule has 0 aromatic rings. The first-order valence-corrected chi connectivity index (χ1v) is 5.93. The van der Waals surface area contributed by atoms with Crippen LogP contribution in [0.5, 0.6) is 0 Å². The van der Waals surface area contributed by atoms with Crippen molar-refractivity contribution in [3.8, 4) is 0 Å². The van der Waals surface area contributed by atoms with Crippen LogP contribution >= 0.6 is 0 Å². The van der Waals surface area contributed by atoms with Crippen LogP contribution < -0.4 is 5.73 Å². The molecule has 82 valence electrons. The summed E-state index contributed by atoms with van der Waals surface area (Å²) in [4.78, 5) is 2.52. The molecule has 3 nitrogen and oxygen atoms in total. The lowest BCUT2D eigenvalue weighted by Gasteiger charge is -2.33. The highest BCUT2D eigenvalue weighted by Crippen LogP contribution is 2.33. The van der Waals surface area contributed by atoms with Crippen molar-refractivity contribution in [3.05, 3.63) is 0 Å². The van der Waals surface area contributed by atoms with Crippen molar-refractivity contribution in [1.29, 1.82) is 0 Å². The van der Waals surface area contributed by atoms with Gasteiger partial charge in [0.1, 0.15) is 0 Å². The van der Waals surface area contributed by atoms with Gasteiger partial charge in [-0.05, 0) is 44.7 Å². The minimum Gasteiger partial charge on any atom is -0.395 e. The van der Waals surface area contributed by atoms with Crippen LogP contribution in [0.3, 0.4) is 0 Å². The molecule has 1 aliphatic heterocycles. The van der Waals surface area contributed by atoms with E-state index in [4.69, 9.17) is 5.73 Å². The lowest BCUT2D eigenvalue weighted by atomic mass is 10.0. The van der Waals surface area contributed by atoms with Gasteiger partial charge < -0.3 is 10.8 Å². The molecule has 3 N–H and O–H groups in total. The van der Waals surface area contributed by atoms with Gasteiger partial charge in [-0.1, -0.05) is 6.42 Å². The second-order valence-electron chi connectivity index (χ2n) is 4.71. The number of hydrogen-bond donors (Lipinski definition) is 2. The zero-order chi connectivity index (χ0) is 9.97. The topological polar surface area (TPSA) is 49.5 Å². The predicted octanol–water partition coefficient (Wildman–Crippen LogP) is 0.570. The van der Waals surface area contributed by atoms with Crippen LogP contribution in [0.4, 0.5) is 0 Å². The number of hydrogen-bond acceptors (Lipinski definition) is 3. The smallest absolute Gasteiger partial charge is 0.0586 e. The molecule has 3 atom stereocenters. The summed E-state index contributed by atoms with van der Waals surface area (Å²) in [5.74, 6) is 0.683. The van der Waals surface area contributed by atoms with Gasteiger partial charge in [-0.15, -0.1) is 0 Å². The molecule has 1 saturated heterocycles. The van der Waals surface area contributed by atoms with Gasteiger partial charge in [-0.3, -0.25) is 4.90 Å². The van der Waals surface area contributed by atoms with E-state index in [-0.39, 0.29) is 0 Å². The fourth-order valence-corrected chi connectivity index (χ4v) is 3.22. The first-order valence-electron chi connectivity index (χ1n) is 5.93. The number of nitrogens with zero attached hydrogens (tertiary/aromatic N) is 1. The standard InChI is InChI=1S/C11H22N2O/c12-7-9-3-1-5-11(9)13-6-2-4-10(13)8-14/h9-11,14H,1-8,12H2. The first kappa shape index (κ1) is 10.4. The van der Waals surface area contributed by atoms with Gasteiger partial charge in [-0.2, -0.15) is 0 Å². The third-order valence-corrected chi connectivity index (χ3v) is 3.98. The van der Waals surface area contributed by atoms with Crippen LogP contribution in [0.15, 0.2) is 0 Å². The van der Waals surface area contributed by atoms with E-state index in [2.05, 4.69) is 4.90 Å². The Morgan fingerprint density at radius 3 is 2.79 bits per heavy atom. The van der Waals surface area contributed by atoms with Crippen LogP contribution in [0.2, 0.25) is 0 Å². The highest BCUT2D eigenvalue weighted by Gasteiger charge is 2.36. The summed E-state index contributed by atoms with van der Waals surface area (Å²) in [6, 6.07) is 1.09. The third kappa shape index (κ3) is 1.81. The predicted molar refractivity (Wildman–Crippen MR) is 57.0 cm³/mol.